The molecular weight excluding hydrogens is 278 g/mol. The van der Waals surface area contributed by atoms with Crippen LogP contribution in [0.25, 0.3) is 0 Å². The highest BCUT2D eigenvalue weighted by Crippen LogP contribution is 2.29. The standard InChI is InChI=1S/C13H19NO.C5H10O2/c1-10-2-4-11(5-3-10)13-6-7-14-8-12(13)9-15;1-5(2,3)7-4-6/h2-5,12-15H,6-9H2,1H3;4H,1-3H3. The van der Waals surface area contributed by atoms with Crippen LogP contribution in [-0.2, 0) is 9.53 Å². The van der Waals surface area contributed by atoms with Gasteiger partial charge in [-0.3, -0.25) is 4.79 Å². The van der Waals surface area contributed by atoms with Crippen LogP contribution in [0.3, 0.4) is 0 Å². The van der Waals surface area contributed by atoms with E-state index in [-0.39, 0.29) is 12.2 Å². The van der Waals surface area contributed by atoms with Gasteiger partial charge in [-0.05, 0) is 52.1 Å². The van der Waals surface area contributed by atoms with Gasteiger partial charge in [0.2, 0.25) is 0 Å². The Bertz CT molecular complexity index is 437. The molecule has 2 atom stereocenters. The van der Waals surface area contributed by atoms with Gasteiger partial charge in [0, 0.05) is 19.1 Å². The molecule has 22 heavy (non-hydrogen) atoms. The van der Waals surface area contributed by atoms with E-state index in [0.29, 0.717) is 18.3 Å². The number of benzene rings is 1. The summed E-state index contributed by atoms with van der Waals surface area (Å²) < 4.78 is 4.55. The average molecular weight is 307 g/mol. The molecule has 4 nitrogen and oxygen atoms in total. The second-order valence-electron chi connectivity index (χ2n) is 6.78. The quantitative estimate of drug-likeness (QED) is 0.843. The molecule has 0 spiro atoms. The van der Waals surface area contributed by atoms with Crippen LogP contribution in [0.1, 0.15) is 44.2 Å². The molecule has 1 heterocycles. The Morgan fingerprint density at radius 3 is 2.41 bits per heavy atom. The number of hydrogen-bond acceptors (Lipinski definition) is 4. The smallest absolute Gasteiger partial charge is 0.293 e. The molecule has 2 unspecified atom stereocenters. The van der Waals surface area contributed by atoms with E-state index in [1.54, 1.807) is 0 Å². The first kappa shape index (κ1) is 18.7. The Balaban J connectivity index is 0.000000295. The Morgan fingerprint density at radius 2 is 1.95 bits per heavy atom. The Morgan fingerprint density at radius 1 is 1.32 bits per heavy atom. The zero-order valence-corrected chi connectivity index (χ0v) is 14.1. The van der Waals surface area contributed by atoms with Gasteiger partial charge in [-0.15, -0.1) is 0 Å². The van der Waals surface area contributed by atoms with E-state index >= 15 is 0 Å². The molecule has 0 aliphatic carbocycles. The van der Waals surface area contributed by atoms with Crippen LogP contribution in [0.5, 0.6) is 0 Å². The fourth-order valence-corrected chi connectivity index (χ4v) is 2.51. The molecule has 0 aromatic heterocycles. The van der Waals surface area contributed by atoms with Crippen molar-refractivity contribution in [1.82, 2.24) is 5.32 Å². The van der Waals surface area contributed by atoms with Crippen LogP contribution in [0, 0.1) is 12.8 Å². The maximum Gasteiger partial charge on any atom is 0.293 e. The summed E-state index contributed by atoms with van der Waals surface area (Å²) in [6, 6.07) is 8.72. The zero-order chi connectivity index (χ0) is 16.6. The molecule has 1 aromatic carbocycles. The minimum atomic E-state index is -0.318. The molecule has 0 amide bonds. The molecule has 1 aromatic rings. The second kappa shape index (κ2) is 8.91. The van der Waals surface area contributed by atoms with Crippen molar-refractivity contribution in [2.45, 2.75) is 45.6 Å². The normalized spacial score (nSPS) is 21.5. The van der Waals surface area contributed by atoms with Crippen molar-refractivity contribution < 1.29 is 14.6 Å². The SMILES string of the molecule is CC(C)(C)OC=O.Cc1ccc(C2CCNCC2CO)cc1. The summed E-state index contributed by atoms with van der Waals surface area (Å²) in [4.78, 5) is 9.60. The van der Waals surface area contributed by atoms with Gasteiger partial charge in [0.1, 0.15) is 5.60 Å². The first-order chi connectivity index (χ1) is 10.4. The first-order valence-corrected chi connectivity index (χ1v) is 7.87. The maximum absolute atomic E-state index is 9.60. The summed E-state index contributed by atoms with van der Waals surface area (Å²) in [5, 5.41) is 12.7. The van der Waals surface area contributed by atoms with Gasteiger partial charge < -0.3 is 15.2 Å². The monoisotopic (exact) mass is 307 g/mol. The lowest BCUT2D eigenvalue weighted by Gasteiger charge is -2.31. The minimum Gasteiger partial charge on any atom is -0.462 e. The van der Waals surface area contributed by atoms with Gasteiger partial charge in [0.25, 0.3) is 6.47 Å². The first-order valence-electron chi connectivity index (χ1n) is 7.87. The molecule has 0 radical (unpaired) electrons. The predicted molar refractivity (Wildman–Crippen MR) is 88.9 cm³/mol. The van der Waals surface area contributed by atoms with Crippen LogP contribution in [-0.4, -0.2) is 36.9 Å². The topological polar surface area (TPSA) is 58.6 Å². The Hall–Kier alpha value is -1.39. The maximum atomic E-state index is 9.60. The molecule has 1 aliphatic heterocycles. The van der Waals surface area contributed by atoms with Crippen molar-refractivity contribution in [3.63, 3.8) is 0 Å². The predicted octanol–water partition coefficient (Wildman–Crippen LogP) is 2.64. The van der Waals surface area contributed by atoms with Crippen molar-refractivity contribution in [2.75, 3.05) is 19.7 Å². The molecule has 4 heteroatoms. The Labute approximate surface area is 133 Å². The number of ether oxygens (including phenoxy) is 1. The van der Waals surface area contributed by atoms with E-state index in [2.05, 4.69) is 41.2 Å². The van der Waals surface area contributed by atoms with Gasteiger partial charge in [-0.1, -0.05) is 29.8 Å². The fourth-order valence-electron chi connectivity index (χ4n) is 2.51. The minimum absolute atomic E-state index is 0.283. The molecule has 1 fully saturated rings. The number of hydrogen-bond donors (Lipinski definition) is 2. The lowest BCUT2D eigenvalue weighted by atomic mass is 9.81. The van der Waals surface area contributed by atoms with Gasteiger partial charge in [-0.25, -0.2) is 0 Å². The molecular formula is C18H29NO3. The lowest BCUT2D eigenvalue weighted by Crippen LogP contribution is -2.37. The van der Waals surface area contributed by atoms with E-state index in [1.807, 2.05) is 20.8 Å². The van der Waals surface area contributed by atoms with Crippen LogP contribution in [0.15, 0.2) is 24.3 Å². The van der Waals surface area contributed by atoms with Gasteiger partial charge >= 0.3 is 0 Å². The summed E-state index contributed by atoms with van der Waals surface area (Å²) in [5.41, 5.74) is 2.36. The number of carbonyl (C=O) groups is 1. The molecule has 124 valence electrons. The molecule has 1 saturated heterocycles. The van der Waals surface area contributed by atoms with Crippen LogP contribution in [0.2, 0.25) is 0 Å². The third-order valence-corrected chi connectivity index (χ3v) is 3.75. The number of carbonyl (C=O) groups excluding carboxylic acids is 1. The largest absolute Gasteiger partial charge is 0.462 e. The number of aryl methyl sites for hydroxylation is 1. The Kier molecular flexibility index (Phi) is 7.56. The van der Waals surface area contributed by atoms with Gasteiger partial charge in [-0.2, -0.15) is 0 Å². The van der Waals surface area contributed by atoms with Crippen LogP contribution < -0.4 is 5.32 Å². The van der Waals surface area contributed by atoms with E-state index in [9.17, 15) is 9.90 Å². The van der Waals surface area contributed by atoms with E-state index in [1.165, 1.54) is 11.1 Å². The number of rotatable bonds is 3. The van der Waals surface area contributed by atoms with Crippen molar-refractivity contribution in [1.29, 1.82) is 0 Å². The van der Waals surface area contributed by atoms with Crippen molar-refractivity contribution >= 4 is 6.47 Å². The van der Waals surface area contributed by atoms with E-state index < -0.39 is 0 Å². The molecule has 1 aliphatic rings. The number of aliphatic hydroxyl groups excluding tert-OH is 1. The van der Waals surface area contributed by atoms with Crippen molar-refractivity contribution in [3.8, 4) is 0 Å². The summed E-state index contributed by atoms with van der Waals surface area (Å²) >= 11 is 0. The average Bonchev–Trinajstić information content (AvgIpc) is 2.47. The summed E-state index contributed by atoms with van der Waals surface area (Å²) in [5.74, 6) is 0.901. The van der Waals surface area contributed by atoms with Gasteiger partial charge in [0.05, 0.1) is 0 Å². The second-order valence-corrected chi connectivity index (χ2v) is 6.78. The van der Waals surface area contributed by atoms with E-state index in [0.717, 1.165) is 19.5 Å². The van der Waals surface area contributed by atoms with Crippen LogP contribution in [0.4, 0.5) is 0 Å². The summed E-state index contributed by atoms with van der Waals surface area (Å²) in [7, 11) is 0. The zero-order valence-electron chi connectivity index (χ0n) is 14.1. The van der Waals surface area contributed by atoms with Gasteiger partial charge in [0.15, 0.2) is 0 Å². The third kappa shape index (κ3) is 6.58. The highest BCUT2D eigenvalue weighted by molar-refractivity contribution is 5.37. The third-order valence-electron chi connectivity index (χ3n) is 3.75. The van der Waals surface area contributed by atoms with Crippen molar-refractivity contribution in [2.24, 2.45) is 5.92 Å². The number of aliphatic hydroxyl groups is 1. The number of piperidine rings is 1. The van der Waals surface area contributed by atoms with E-state index in [4.69, 9.17) is 0 Å². The van der Waals surface area contributed by atoms with Crippen LogP contribution >= 0.6 is 0 Å². The summed E-state index contributed by atoms with van der Waals surface area (Å²) in [6.07, 6.45) is 1.13. The molecule has 0 saturated carbocycles. The number of nitrogens with one attached hydrogen (secondary N) is 1. The molecule has 0 bridgehead atoms. The molecule has 2 rings (SSSR count). The highest BCUT2D eigenvalue weighted by atomic mass is 16.5. The fraction of sp³-hybridized carbons (Fsp3) is 0.611. The molecule has 2 N–H and O–H groups in total. The highest BCUT2D eigenvalue weighted by Gasteiger charge is 2.25. The lowest BCUT2D eigenvalue weighted by molar-refractivity contribution is -0.138. The summed E-state index contributed by atoms with van der Waals surface area (Å²) in [6.45, 7) is 10.3. The van der Waals surface area contributed by atoms with Crippen molar-refractivity contribution in [3.05, 3.63) is 35.4 Å².